The highest BCUT2D eigenvalue weighted by molar-refractivity contribution is 5.67. The van der Waals surface area contributed by atoms with Crippen molar-refractivity contribution >= 4 is 6.09 Å². The molecule has 3 nitrogen and oxygen atoms in total. The smallest absolute Gasteiger partial charge is 0.409 e. The average Bonchev–Trinajstić information content (AvgIpc) is 2.45. The molecular formula is C17H35NO2. The first-order valence-electron chi connectivity index (χ1n) is 8.67. The summed E-state index contributed by atoms with van der Waals surface area (Å²) < 4.78 is 5.14. The molecule has 0 aliphatic carbocycles. The van der Waals surface area contributed by atoms with E-state index in [9.17, 15) is 4.79 Å². The normalized spacial score (nSPS) is 10.6. The summed E-state index contributed by atoms with van der Waals surface area (Å²) in [4.78, 5) is 13.8. The molecule has 0 unspecified atom stereocenters. The van der Waals surface area contributed by atoms with Gasteiger partial charge in [0, 0.05) is 13.1 Å². The van der Waals surface area contributed by atoms with Gasteiger partial charge < -0.3 is 9.64 Å². The molecule has 0 bridgehead atoms. The van der Waals surface area contributed by atoms with Crippen molar-refractivity contribution in [1.82, 2.24) is 4.90 Å². The molecular weight excluding hydrogens is 250 g/mol. The van der Waals surface area contributed by atoms with Gasteiger partial charge in [0.2, 0.25) is 0 Å². The van der Waals surface area contributed by atoms with Gasteiger partial charge in [-0.25, -0.2) is 4.79 Å². The van der Waals surface area contributed by atoms with E-state index in [-0.39, 0.29) is 6.09 Å². The molecule has 0 N–H and O–H groups in total. The van der Waals surface area contributed by atoms with Crippen LogP contribution in [0.3, 0.4) is 0 Å². The Kier molecular flexibility index (Phi) is 14.1. The van der Waals surface area contributed by atoms with Crippen molar-refractivity contribution in [3.63, 3.8) is 0 Å². The quantitative estimate of drug-likeness (QED) is 0.425. The summed E-state index contributed by atoms with van der Waals surface area (Å²) in [5.74, 6) is 0. The summed E-state index contributed by atoms with van der Waals surface area (Å²) >= 11 is 0. The largest absolute Gasteiger partial charge is 0.450 e. The highest BCUT2D eigenvalue weighted by Gasteiger charge is 2.13. The van der Waals surface area contributed by atoms with E-state index in [1.165, 1.54) is 51.4 Å². The molecule has 0 aromatic rings. The van der Waals surface area contributed by atoms with E-state index in [0.717, 1.165) is 25.9 Å². The second kappa shape index (κ2) is 14.7. The van der Waals surface area contributed by atoms with E-state index < -0.39 is 0 Å². The molecule has 120 valence electrons. The Bertz CT molecular complexity index is 219. The van der Waals surface area contributed by atoms with Crippen LogP contribution in [0.25, 0.3) is 0 Å². The summed E-state index contributed by atoms with van der Waals surface area (Å²) in [5.41, 5.74) is 0. The van der Waals surface area contributed by atoms with Gasteiger partial charge in [0.25, 0.3) is 0 Å². The molecule has 0 heterocycles. The van der Waals surface area contributed by atoms with E-state index in [1.807, 2.05) is 11.8 Å². The van der Waals surface area contributed by atoms with Gasteiger partial charge in [-0.3, -0.25) is 0 Å². The summed E-state index contributed by atoms with van der Waals surface area (Å²) in [5, 5.41) is 0. The number of nitrogens with zero attached hydrogens (tertiary/aromatic N) is 1. The molecule has 0 saturated heterocycles. The minimum atomic E-state index is -0.127. The third-order valence-corrected chi connectivity index (χ3v) is 3.59. The predicted octanol–water partition coefficient (Wildman–Crippen LogP) is 5.39. The maximum atomic E-state index is 11.9. The van der Waals surface area contributed by atoms with Crippen molar-refractivity contribution in [2.24, 2.45) is 0 Å². The molecule has 3 heteroatoms. The Hall–Kier alpha value is -0.730. The zero-order valence-electron chi connectivity index (χ0n) is 14.0. The third kappa shape index (κ3) is 11.1. The van der Waals surface area contributed by atoms with Gasteiger partial charge in [-0.15, -0.1) is 0 Å². The first-order chi connectivity index (χ1) is 9.76. The molecule has 0 aliphatic rings. The summed E-state index contributed by atoms with van der Waals surface area (Å²) in [6, 6.07) is 0. The fourth-order valence-electron chi connectivity index (χ4n) is 2.32. The van der Waals surface area contributed by atoms with E-state index in [1.54, 1.807) is 0 Å². The highest BCUT2D eigenvalue weighted by Crippen LogP contribution is 2.08. The molecule has 20 heavy (non-hydrogen) atoms. The van der Waals surface area contributed by atoms with Crippen molar-refractivity contribution in [1.29, 1.82) is 0 Å². The number of hydrogen-bond donors (Lipinski definition) is 0. The van der Waals surface area contributed by atoms with Crippen molar-refractivity contribution in [2.75, 3.05) is 19.7 Å². The summed E-state index contributed by atoms with van der Waals surface area (Å²) in [6.07, 6.45) is 12.2. The number of unbranched alkanes of at least 4 members (excludes halogenated alkanes) is 8. The number of carbonyl (C=O) groups is 1. The van der Waals surface area contributed by atoms with Gasteiger partial charge in [-0.2, -0.15) is 0 Å². The molecule has 0 spiro atoms. The number of carbonyl (C=O) groups excluding carboxylic acids is 1. The van der Waals surface area contributed by atoms with Crippen LogP contribution in [0, 0.1) is 0 Å². The molecule has 0 radical (unpaired) electrons. The van der Waals surface area contributed by atoms with E-state index in [0.29, 0.717) is 6.61 Å². The minimum Gasteiger partial charge on any atom is -0.450 e. The second-order valence-corrected chi connectivity index (χ2v) is 5.51. The first-order valence-corrected chi connectivity index (χ1v) is 8.67. The van der Waals surface area contributed by atoms with Gasteiger partial charge in [-0.05, 0) is 19.8 Å². The van der Waals surface area contributed by atoms with Crippen molar-refractivity contribution in [2.45, 2.75) is 85.0 Å². The van der Waals surface area contributed by atoms with Gasteiger partial charge in [0.1, 0.15) is 0 Å². The van der Waals surface area contributed by atoms with Gasteiger partial charge in [0.15, 0.2) is 0 Å². The van der Waals surface area contributed by atoms with Gasteiger partial charge in [-0.1, -0.05) is 65.2 Å². The van der Waals surface area contributed by atoms with E-state index in [4.69, 9.17) is 4.74 Å². The SMILES string of the molecule is CCCCCCCCN(CCCCCC)C(=O)OCC. The zero-order chi connectivity index (χ0) is 15.1. The predicted molar refractivity (Wildman–Crippen MR) is 86.1 cm³/mol. The van der Waals surface area contributed by atoms with Crippen LogP contribution < -0.4 is 0 Å². The number of rotatable bonds is 13. The molecule has 0 fully saturated rings. The zero-order valence-corrected chi connectivity index (χ0v) is 14.0. The fraction of sp³-hybridized carbons (Fsp3) is 0.941. The fourth-order valence-corrected chi connectivity index (χ4v) is 2.32. The van der Waals surface area contributed by atoms with Crippen molar-refractivity contribution in [3.05, 3.63) is 0 Å². The van der Waals surface area contributed by atoms with Gasteiger partial charge >= 0.3 is 6.09 Å². The standard InChI is InChI=1S/C17H35NO2/c1-4-7-9-11-12-14-16-18(17(19)20-6-3)15-13-10-8-5-2/h4-16H2,1-3H3. The lowest BCUT2D eigenvalue weighted by Crippen LogP contribution is -2.33. The lowest BCUT2D eigenvalue weighted by Gasteiger charge is -2.21. The number of hydrogen-bond acceptors (Lipinski definition) is 2. The molecule has 0 aromatic heterocycles. The number of amides is 1. The summed E-state index contributed by atoms with van der Waals surface area (Å²) in [6.45, 7) is 8.50. The average molecular weight is 285 g/mol. The lowest BCUT2D eigenvalue weighted by molar-refractivity contribution is 0.105. The Morgan fingerprint density at radius 1 is 0.750 bits per heavy atom. The lowest BCUT2D eigenvalue weighted by atomic mass is 10.1. The molecule has 0 rings (SSSR count). The van der Waals surface area contributed by atoms with Crippen LogP contribution in [0.5, 0.6) is 0 Å². The number of ether oxygens (including phenoxy) is 1. The molecule has 0 saturated carbocycles. The Morgan fingerprint density at radius 3 is 1.70 bits per heavy atom. The molecule has 0 atom stereocenters. The maximum absolute atomic E-state index is 11.9. The minimum absolute atomic E-state index is 0.127. The Labute approximate surface area is 126 Å². The molecule has 1 amide bonds. The summed E-state index contributed by atoms with van der Waals surface area (Å²) in [7, 11) is 0. The Morgan fingerprint density at radius 2 is 1.20 bits per heavy atom. The van der Waals surface area contributed by atoms with Gasteiger partial charge in [0.05, 0.1) is 6.61 Å². The topological polar surface area (TPSA) is 29.5 Å². The van der Waals surface area contributed by atoms with Crippen LogP contribution in [0.2, 0.25) is 0 Å². The monoisotopic (exact) mass is 285 g/mol. The first kappa shape index (κ1) is 19.3. The second-order valence-electron chi connectivity index (χ2n) is 5.51. The van der Waals surface area contributed by atoms with Crippen LogP contribution >= 0.6 is 0 Å². The van der Waals surface area contributed by atoms with Crippen molar-refractivity contribution < 1.29 is 9.53 Å². The van der Waals surface area contributed by atoms with Crippen molar-refractivity contribution in [3.8, 4) is 0 Å². The van der Waals surface area contributed by atoms with Crippen LogP contribution in [0.4, 0.5) is 4.79 Å². The van der Waals surface area contributed by atoms with E-state index in [2.05, 4.69) is 13.8 Å². The van der Waals surface area contributed by atoms with Crippen LogP contribution in [0.15, 0.2) is 0 Å². The Balaban J connectivity index is 3.83. The van der Waals surface area contributed by atoms with Crippen LogP contribution in [-0.2, 0) is 4.74 Å². The van der Waals surface area contributed by atoms with Crippen LogP contribution in [-0.4, -0.2) is 30.7 Å². The highest BCUT2D eigenvalue weighted by atomic mass is 16.6. The van der Waals surface area contributed by atoms with E-state index >= 15 is 0 Å². The third-order valence-electron chi connectivity index (χ3n) is 3.59. The maximum Gasteiger partial charge on any atom is 0.409 e. The molecule has 0 aliphatic heterocycles. The molecule has 0 aromatic carbocycles. The van der Waals surface area contributed by atoms with Crippen LogP contribution in [0.1, 0.15) is 85.0 Å².